The Kier molecular flexibility index (Phi) is 31.5. The fraction of sp³-hybridized carbons (Fsp3) is 0.661. The molecule has 0 aliphatic carbocycles. The van der Waals surface area contributed by atoms with Crippen LogP contribution in [-0.2, 0) is 6.61 Å². The average Bonchev–Trinajstić information content (AvgIpc) is 3.31. The minimum absolute atomic E-state index is 0.215. The van der Waals surface area contributed by atoms with E-state index in [0.717, 1.165) is 42.1 Å². The van der Waals surface area contributed by atoms with Gasteiger partial charge in [-0.2, -0.15) is 10.2 Å². The predicted molar refractivity (Wildman–Crippen MR) is 267 cm³/mol. The van der Waals surface area contributed by atoms with E-state index in [-0.39, 0.29) is 5.56 Å². The molecule has 0 radical (unpaired) electrons. The number of ether oxygens (including phenoxy) is 4. The van der Waals surface area contributed by atoms with Crippen molar-refractivity contribution in [1.29, 1.82) is 0 Å². The van der Waals surface area contributed by atoms with E-state index in [1.807, 2.05) is 24.3 Å². The summed E-state index contributed by atoms with van der Waals surface area (Å²) in [5, 5.41) is 17.7. The number of carboxylic acids is 1. The summed E-state index contributed by atoms with van der Waals surface area (Å²) in [4.78, 5) is 11.2. The maximum Gasteiger partial charge on any atom is 0.335 e. The second-order valence-electron chi connectivity index (χ2n) is 17.8. The summed E-state index contributed by atoms with van der Waals surface area (Å²) >= 11 is 0. The number of benzene rings is 3. The van der Waals surface area contributed by atoms with Gasteiger partial charge in [-0.05, 0) is 85.5 Å². The highest BCUT2D eigenvalue weighted by molar-refractivity contribution is 5.87. The number of nitrogens with zero attached hydrogens (tertiary/aromatic N) is 2. The number of hydrogen-bond acceptors (Lipinski definition) is 7. The van der Waals surface area contributed by atoms with E-state index in [0.29, 0.717) is 43.6 Å². The molecule has 358 valence electrons. The maximum absolute atomic E-state index is 11.2. The van der Waals surface area contributed by atoms with Gasteiger partial charge in [0.25, 0.3) is 0 Å². The molecule has 3 rings (SSSR count). The SMILES string of the molecule is CCCCCCCCCCCCOc1cc(COc2ccc(N=Nc3ccc(C(=O)O)cc3)cc2)cc(OCCCCCCCCCCCC)c1OCCCCCCCCCCCC. The molecular weight excluding hydrogens is 797 g/mol. The summed E-state index contributed by atoms with van der Waals surface area (Å²) < 4.78 is 26.1. The van der Waals surface area contributed by atoms with Gasteiger partial charge in [-0.25, -0.2) is 4.79 Å². The van der Waals surface area contributed by atoms with E-state index in [2.05, 4.69) is 43.1 Å². The molecule has 8 nitrogen and oxygen atoms in total. The van der Waals surface area contributed by atoms with Gasteiger partial charge >= 0.3 is 5.97 Å². The molecule has 1 N–H and O–H groups in total. The molecule has 3 aromatic rings. The Morgan fingerprint density at radius 2 is 0.750 bits per heavy atom. The molecule has 0 saturated heterocycles. The number of aromatic carboxylic acids is 1. The molecule has 3 aromatic carbocycles. The monoisotopic (exact) mass is 885 g/mol. The largest absolute Gasteiger partial charge is 0.490 e. The third-order valence-electron chi connectivity index (χ3n) is 12.0. The van der Waals surface area contributed by atoms with Crippen LogP contribution in [0.15, 0.2) is 70.9 Å². The first-order chi connectivity index (χ1) is 31.5. The molecule has 0 aliphatic rings. The number of azo groups is 1. The van der Waals surface area contributed by atoms with E-state index in [4.69, 9.17) is 24.1 Å². The van der Waals surface area contributed by atoms with Gasteiger partial charge in [0.1, 0.15) is 12.4 Å². The molecule has 0 aromatic heterocycles. The zero-order valence-electron chi connectivity index (χ0n) is 40.7. The highest BCUT2D eigenvalue weighted by atomic mass is 16.5. The standard InChI is InChI=1S/C56H88N2O6/c1-4-7-10-13-16-19-22-25-28-31-42-61-53-45-48(47-64-52-40-38-51(39-41-52)58-57-50-36-34-49(35-37-50)56(59)60)46-54(62-43-32-29-26-23-20-17-14-11-8-5-2)55(53)63-44-33-30-27-24-21-18-15-12-9-6-3/h34-41,45-46H,4-33,42-44,47H2,1-3H3,(H,59,60). The lowest BCUT2D eigenvalue weighted by atomic mass is 10.1. The van der Waals surface area contributed by atoms with Crippen LogP contribution >= 0.6 is 0 Å². The molecule has 0 spiro atoms. The summed E-state index contributed by atoms with van der Waals surface area (Å²) in [5.41, 5.74) is 2.44. The topological polar surface area (TPSA) is 98.9 Å². The molecule has 0 amide bonds. The Morgan fingerprint density at radius 1 is 0.422 bits per heavy atom. The van der Waals surface area contributed by atoms with Crippen LogP contribution < -0.4 is 18.9 Å². The van der Waals surface area contributed by atoms with Crippen molar-refractivity contribution >= 4 is 17.3 Å². The van der Waals surface area contributed by atoms with Gasteiger partial charge in [0.15, 0.2) is 11.5 Å². The van der Waals surface area contributed by atoms with Crippen molar-refractivity contribution in [1.82, 2.24) is 0 Å². The number of carbonyl (C=O) groups is 1. The van der Waals surface area contributed by atoms with Crippen molar-refractivity contribution in [3.63, 3.8) is 0 Å². The van der Waals surface area contributed by atoms with Crippen LogP contribution in [0, 0.1) is 0 Å². The molecule has 0 fully saturated rings. The zero-order chi connectivity index (χ0) is 45.6. The molecule has 0 atom stereocenters. The summed E-state index contributed by atoms with van der Waals surface area (Å²) in [5.74, 6) is 1.96. The van der Waals surface area contributed by atoms with Crippen LogP contribution in [0.25, 0.3) is 0 Å². The van der Waals surface area contributed by atoms with Crippen LogP contribution in [0.2, 0.25) is 0 Å². The van der Waals surface area contributed by atoms with E-state index >= 15 is 0 Å². The smallest absolute Gasteiger partial charge is 0.335 e. The van der Waals surface area contributed by atoms with Gasteiger partial charge in [-0.15, -0.1) is 0 Å². The normalized spacial score (nSPS) is 11.4. The Bertz CT molecular complexity index is 1560. The summed E-state index contributed by atoms with van der Waals surface area (Å²) in [6.45, 7) is 9.12. The molecule has 0 heterocycles. The van der Waals surface area contributed by atoms with Crippen molar-refractivity contribution in [2.24, 2.45) is 10.2 Å². The van der Waals surface area contributed by atoms with Crippen LogP contribution in [0.3, 0.4) is 0 Å². The highest BCUT2D eigenvalue weighted by Gasteiger charge is 2.17. The van der Waals surface area contributed by atoms with Gasteiger partial charge in [0, 0.05) is 0 Å². The average molecular weight is 885 g/mol. The first-order valence-corrected chi connectivity index (χ1v) is 26.1. The van der Waals surface area contributed by atoms with Gasteiger partial charge in [0.05, 0.1) is 36.8 Å². The Balaban J connectivity index is 1.65. The summed E-state index contributed by atoms with van der Waals surface area (Å²) in [7, 11) is 0. The fourth-order valence-electron chi connectivity index (χ4n) is 7.94. The van der Waals surface area contributed by atoms with E-state index in [1.54, 1.807) is 12.1 Å². The van der Waals surface area contributed by atoms with Gasteiger partial charge in [-0.3, -0.25) is 0 Å². The highest BCUT2D eigenvalue weighted by Crippen LogP contribution is 2.40. The molecule has 8 heteroatoms. The van der Waals surface area contributed by atoms with Crippen LogP contribution in [0.5, 0.6) is 23.0 Å². The minimum atomic E-state index is -0.968. The van der Waals surface area contributed by atoms with Gasteiger partial charge < -0.3 is 24.1 Å². The predicted octanol–water partition coefficient (Wildman–Crippen LogP) is 18.3. The van der Waals surface area contributed by atoms with Gasteiger partial charge in [0.2, 0.25) is 5.75 Å². The number of unbranched alkanes of at least 4 members (excludes halogenated alkanes) is 27. The number of carboxylic acid groups (broad SMARTS) is 1. The van der Waals surface area contributed by atoms with E-state index in [9.17, 15) is 4.79 Å². The lowest BCUT2D eigenvalue weighted by Crippen LogP contribution is -2.08. The molecule has 0 saturated carbocycles. The second-order valence-corrected chi connectivity index (χ2v) is 17.8. The summed E-state index contributed by atoms with van der Waals surface area (Å²) in [6, 6.07) is 18.0. The summed E-state index contributed by atoms with van der Waals surface area (Å²) in [6.07, 6.45) is 38.5. The quantitative estimate of drug-likeness (QED) is 0.0449. The van der Waals surface area contributed by atoms with Gasteiger partial charge in [-0.1, -0.05) is 194 Å². The second kappa shape index (κ2) is 37.2. The Hall–Kier alpha value is -4.07. The Labute approximate surface area is 389 Å². The maximum atomic E-state index is 11.2. The first-order valence-electron chi connectivity index (χ1n) is 26.1. The molecule has 64 heavy (non-hydrogen) atoms. The van der Waals surface area contributed by atoms with Crippen molar-refractivity contribution in [2.45, 2.75) is 220 Å². The minimum Gasteiger partial charge on any atom is -0.490 e. The third-order valence-corrected chi connectivity index (χ3v) is 12.0. The first kappa shape index (κ1) is 54.3. The van der Waals surface area contributed by atoms with Crippen LogP contribution in [0.4, 0.5) is 11.4 Å². The molecule has 0 unspecified atom stereocenters. The van der Waals surface area contributed by atoms with Crippen molar-refractivity contribution in [3.8, 4) is 23.0 Å². The van der Waals surface area contributed by atoms with Crippen molar-refractivity contribution in [3.05, 3.63) is 71.8 Å². The molecule has 0 aliphatic heterocycles. The van der Waals surface area contributed by atoms with Crippen LogP contribution in [0.1, 0.15) is 229 Å². The van der Waals surface area contributed by atoms with Crippen molar-refractivity contribution < 1.29 is 28.8 Å². The van der Waals surface area contributed by atoms with E-state index < -0.39 is 5.97 Å². The van der Waals surface area contributed by atoms with Crippen LogP contribution in [-0.4, -0.2) is 30.9 Å². The van der Waals surface area contributed by atoms with E-state index in [1.165, 1.54) is 185 Å². The lowest BCUT2D eigenvalue weighted by Gasteiger charge is -2.19. The zero-order valence-corrected chi connectivity index (χ0v) is 40.7. The number of hydrogen-bond donors (Lipinski definition) is 1. The number of rotatable bonds is 42. The third kappa shape index (κ3) is 26.0. The Morgan fingerprint density at radius 3 is 1.11 bits per heavy atom. The fourth-order valence-corrected chi connectivity index (χ4v) is 7.94. The van der Waals surface area contributed by atoms with Crippen molar-refractivity contribution in [2.75, 3.05) is 19.8 Å². The lowest BCUT2D eigenvalue weighted by molar-refractivity contribution is 0.0697. The molecule has 0 bridgehead atoms. The molecular formula is C56H88N2O6.